The number of carbonyl (C=O) groups is 2. The highest BCUT2D eigenvalue weighted by Gasteiger charge is 2.38. The van der Waals surface area contributed by atoms with Crippen molar-refractivity contribution in [3.8, 4) is 11.5 Å². The van der Waals surface area contributed by atoms with Gasteiger partial charge in [0.1, 0.15) is 0 Å². The Morgan fingerprint density at radius 3 is 2.33 bits per heavy atom. The van der Waals surface area contributed by atoms with Gasteiger partial charge in [0.2, 0.25) is 0 Å². The van der Waals surface area contributed by atoms with E-state index in [2.05, 4.69) is 18.7 Å². The van der Waals surface area contributed by atoms with Crippen molar-refractivity contribution in [2.24, 2.45) is 5.41 Å². The Morgan fingerprint density at radius 2 is 1.67 bits per heavy atom. The highest BCUT2D eigenvalue weighted by Crippen LogP contribution is 2.40. The van der Waals surface area contributed by atoms with Crippen LogP contribution in [0.5, 0.6) is 11.5 Å². The summed E-state index contributed by atoms with van der Waals surface area (Å²) in [5, 5.41) is 0. The van der Waals surface area contributed by atoms with Crippen LogP contribution in [0, 0.1) is 5.41 Å². The minimum absolute atomic E-state index is 0.00667. The number of Topliss-reactive ketones (excluding diaryl/α,β-unsaturated/α-hetero) is 2. The fourth-order valence-corrected chi connectivity index (χ4v) is 4.52. The molecule has 0 bridgehead atoms. The van der Waals surface area contributed by atoms with Crippen LogP contribution in [0.15, 0.2) is 29.5 Å². The molecule has 5 heteroatoms. The highest BCUT2D eigenvalue weighted by atomic mass is 16.5. The summed E-state index contributed by atoms with van der Waals surface area (Å²) < 4.78 is 11.3. The Labute approximate surface area is 180 Å². The highest BCUT2D eigenvalue weighted by molar-refractivity contribution is 6.21. The number of likely N-dealkylation sites (tertiary alicyclic amines) is 1. The molecule has 0 spiro atoms. The molecule has 0 saturated carbocycles. The van der Waals surface area contributed by atoms with E-state index in [1.54, 1.807) is 0 Å². The Balaban J connectivity index is 1.89. The molecular weight excluding hydrogens is 378 g/mol. The molecule has 164 valence electrons. The van der Waals surface area contributed by atoms with Crippen LogP contribution in [0.3, 0.4) is 0 Å². The van der Waals surface area contributed by atoms with Crippen molar-refractivity contribution in [1.29, 1.82) is 0 Å². The van der Waals surface area contributed by atoms with Crippen molar-refractivity contribution in [3.05, 3.63) is 35.0 Å². The fourth-order valence-electron chi connectivity index (χ4n) is 4.52. The van der Waals surface area contributed by atoms with Gasteiger partial charge in [-0.05, 0) is 62.6 Å². The second-order valence-corrected chi connectivity index (χ2v) is 9.06. The monoisotopic (exact) mass is 413 g/mol. The van der Waals surface area contributed by atoms with E-state index in [1.807, 2.05) is 32.0 Å². The minimum Gasteiger partial charge on any atom is -0.490 e. The number of ether oxygens (including phenoxy) is 2. The lowest BCUT2D eigenvalue weighted by Crippen LogP contribution is -2.39. The zero-order valence-electron chi connectivity index (χ0n) is 18.9. The van der Waals surface area contributed by atoms with E-state index >= 15 is 0 Å². The summed E-state index contributed by atoms with van der Waals surface area (Å²) >= 11 is 0. The zero-order chi connectivity index (χ0) is 21.7. The summed E-state index contributed by atoms with van der Waals surface area (Å²) in [6.07, 6.45) is 4.88. The molecule has 1 saturated heterocycles. The predicted octanol–water partition coefficient (Wildman–Crippen LogP) is 4.72. The van der Waals surface area contributed by atoms with E-state index in [-0.39, 0.29) is 23.4 Å². The van der Waals surface area contributed by atoms with Gasteiger partial charge in [0.15, 0.2) is 23.1 Å². The average Bonchev–Trinajstić information content (AvgIpc) is 2.69. The Morgan fingerprint density at radius 1 is 1.00 bits per heavy atom. The molecule has 1 fully saturated rings. The van der Waals surface area contributed by atoms with E-state index in [4.69, 9.17) is 9.47 Å². The number of ketones is 2. The van der Waals surface area contributed by atoms with Gasteiger partial charge in [-0.3, -0.25) is 9.59 Å². The van der Waals surface area contributed by atoms with Gasteiger partial charge in [0.05, 0.1) is 18.8 Å². The summed E-state index contributed by atoms with van der Waals surface area (Å²) in [7, 11) is 0. The zero-order valence-corrected chi connectivity index (χ0v) is 18.9. The van der Waals surface area contributed by atoms with Gasteiger partial charge >= 0.3 is 0 Å². The number of carbonyl (C=O) groups excluding carboxylic acids is 2. The second kappa shape index (κ2) is 9.67. The number of hydrogen-bond donors (Lipinski definition) is 0. The molecule has 0 amide bonds. The number of hydrogen-bond acceptors (Lipinski definition) is 5. The lowest BCUT2D eigenvalue weighted by atomic mass is 9.74. The minimum atomic E-state index is -0.102. The standard InChI is InChI=1S/C25H35NO4/c1-5-29-22-11-10-18(15-23(22)30-6-2)14-20(27)24-19(26-12-8-7-9-13-26)16-25(3,4)17-21(24)28/h10-11,15H,5-9,12-14,16-17H2,1-4H3. The average molecular weight is 414 g/mol. The number of allylic oxidation sites excluding steroid dienone is 2. The molecule has 0 unspecified atom stereocenters. The maximum atomic E-state index is 13.3. The van der Waals surface area contributed by atoms with Gasteiger partial charge in [-0.1, -0.05) is 19.9 Å². The van der Waals surface area contributed by atoms with Crippen LogP contribution in [-0.4, -0.2) is 42.8 Å². The van der Waals surface area contributed by atoms with E-state index in [0.717, 1.165) is 43.6 Å². The molecule has 0 aromatic heterocycles. The van der Waals surface area contributed by atoms with Gasteiger partial charge in [-0.2, -0.15) is 0 Å². The maximum absolute atomic E-state index is 13.3. The largest absolute Gasteiger partial charge is 0.490 e. The molecule has 2 aliphatic rings. The van der Waals surface area contributed by atoms with Crippen LogP contribution in [0.4, 0.5) is 0 Å². The maximum Gasteiger partial charge on any atom is 0.172 e. The van der Waals surface area contributed by atoms with Crippen LogP contribution in [-0.2, 0) is 16.0 Å². The molecule has 0 N–H and O–H groups in total. The molecule has 5 nitrogen and oxygen atoms in total. The van der Waals surface area contributed by atoms with E-state index in [1.165, 1.54) is 6.42 Å². The SMILES string of the molecule is CCOc1ccc(CC(=O)C2=C(N3CCCCC3)CC(C)(C)CC2=O)cc1OCC. The van der Waals surface area contributed by atoms with Crippen molar-refractivity contribution in [3.63, 3.8) is 0 Å². The first-order valence-electron chi connectivity index (χ1n) is 11.3. The third-order valence-corrected chi connectivity index (χ3v) is 5.84. The summed E-state index contributed by atoms with van der Waals surface area (Å²) in [5.41, 5.74) is 2.14. The van der Waals surface area contributed by atoms with Gasteiger partial charge in [0, 0.05) is 31.6 Å². The van der Waals surface area contributed by atoms with Crippen molar-refractivity contribution in [2.75, 3.05) is 26.3 Å². The quantitative estimate of drug-likeness (QED) is 0.577. The molecule has 1 heterocycles. The van der Waals surface area contributed by atoms with Gasteiger partial charge < -0.3 is 14.4 Å². The molecule has 1 aliphatic heterocycles. The summed E-state index contributed by atoms with van der Waals surface area (Å²) in [6.45, 7) is 11.0. The molecule has 1 aromatic rings. The molecular formula is C25H35NO4. The molecule has 1 aliphatic carbocycles. The van der Waals surface area contributed by atoms with Crippen LogP contribution in [0.1, 0.15) is 65.4 Å². The van der Waals surface area contributed by atoms with Crippen LogP contribution >= 0.6 is 0 Å². The number of benzene rings is 1. The first kappa shape index (κ1) is 22.4. The van der Waals surface area contributed by atoms with Crippen LogP contribution < -0.4 is 9.47 Å². The predicted molar refractivity (Wildman–Crippen MR) is 118 cm³/mol. The third-order valence-electron chi connectivity index (χ3n) is 5.84. The molecule has 3 rings (SSSR count). The smallest absolute Gasteiger partial charge is 0.172 e. The Hall–Kier alpha value is -2.30. The van der Waals surface area contributed by atoms with E-state index < -0.39 is 0 Å². The van der Waals surface area contributed by atoms with Crippen molar-refractivity contribution in [1.82, 2.24) is 4.90 Å². The van der Waals surface area contributed by atoms with Crippen LogP contribution in [0.2, 0.25) is 0 Å². The van der Waals surface area contributed by atoms with E-state index in [0.29, 0.717) is 36.7 Å². The van der Waals surface area contributed by atoms with E-state index in [9.17, 15) is 9.59 Å². The van der Waals surface area contributed by atoms with Gasteiger partial charge in [-0.15, -0.1) is 0 Å². The van der Waals surface area contributed by atoms with Gasteiger partial charge in [-0.25, -0.2) is 0 Å². The second-order valence-electron chi connectivity index (χ2n) is 9.06. The van der Waals surface area contributed by atoms with Crippen molar-refractivity contribution >= 4 is 11.6 Å². The lowest BCUT2D eigenvalue weighted by Gasteiger charge is -2.39. The topological polar surface area (TPSA) is 55.8 Å². The summed E-state index contributed by atoms with van der Waals surface area (Å²) in [6, 6.07) is 5.61. The van der Waals surface area contributed by atoms with Crippen molar-refractivity contribution < 1.29 is 19.1 Å². The Bertz CT molecular complexity index is 818. The molecule has 0 radical (unpaired) electrons. The number of piperidine rings is 1. The van der Waals surface area contributed by atoms with Crippen molar-refractivity contribution in [2.45, 2.75) is 66.2 Å². The normalized spacial score (nSPS) is 19.1. The fraction of sp³-hybridized carbons (Fsp3) is 0.600. The van der Waals surface area contributed by atoms with Gasteiger partial charge in [0.25, 0.3) is 0 Å². The molecule has 0 atom stereocenters. The number of rotatable bonds is 8. The number of nitrogens with zero attached hydrogens (tertiary/aromatic N) is 1. The Kier molecular flexibility index (Phi) is 7.22. The summed E-state index contributed by atoms with van der Waals surface area (Å²) in [5.74, 6) is 1.24. The van der Waals surface area contributed by atoms with Crippen LogP contribution in [0.25, 0.3) is 0 Å². The summed E-state index contributed by atoms with van der Waals surface area (Å²) in [4.78, 5) is 28.7. The first-order chi connectivity index (χ1) is 14.3. The molecule has 1 aromatic carbocycles. The molecule has 30 heavy (non-hydrogen) atoms. The lowest BCUT2D eigenvalue weighted by molar-refractivity contribution is -0.123. The third kappa shape index (κ3) is 5.24. The first-order valence-corrected chi connectivity index (χ1v) is 11.3.